The SMILES string of the molecule is CCNC(=NCC(O)c1ccc(OC(F)(F)F)cc1)N1CCCC(C)C1.I. The molecule has 0 spiro atoms. The Bertz CT molecular complexity index is 597. The van der Waals surface area contributed by atoms with E-state index < -0.39 is 12.5 Å². The third-order valence-corrected chi connectivity index (χ3v) is 4.20. The minimum absolute atomic E-state index is 0. The predicted molar refractivity (Wildman–Crippen MR) is 109 cm³/mol. The van der Waals surface area contributed by atoms with Gasteiger partial charge in [0.1, 0.15) is 5.75 Å². The number of aliphatic imine (C=N–C) groups is 1. The van der Waals surface area contributed by atoms with E-state index in [4.69, 9.17) is 0 Å². The van der Waals surface area contributed by atoms with Gasteiger partial charge < -0.3 is 20.1 Å². The highest BCUT2D eigenvalue weighted by Gasteiger charge is 2.31. The second-order valence-corrected chi connectivity index (χ2v) is 6.52. The van der Waals surface area contributed by atoms with E-state index in [0.717, 1.165) is 32.0 Å². The van der Waals surface area contributed by atoms with Crippen LogP contribution in [-0.4, -0.2) is 48.5 Å². The van der Waals surface area contributed by atoms with Crippen molar-refractivity contribution in [1.82, 2.24) is 10.2 Å². The van der Waals surface area contributed by atoms with Crippen LogP contribution in [0.2, 0.25) is 0 Å². The molecular weight excluding hydrogens is 474 g/mol. The lowest BCUT2D eigenvalue weighted by Gasteiger charge is -2.33. The maximum absolute atomic E-state index is 12.2. The first kappa shape index (κ1) is 23.8. The van der Waals surface area contributed by atoms with E-state index in [0.29, 0.717) is 11.5 Å². The molecule has 1 aliphatic heterocycles. The van der Waals surface area contributed by atoms with Crippen molar-refractivity contribution in [3.05, 3.63) is 29.8 Å². The van der Waals surface area contributed by atoms with Gasteiger partial charge in [-0.3, -0.25) is 4.99 Å². The van der Waals surface area contributed by atoms with Gasteiger partial charge in [-0.2, -0.15) is 0 Å². The molecule has 0 radical (unpaired) electrons. The first-order valence-electron chi connectivity index (χ1n) is 8.85. The van der Waals surface area contributed by atoms with Crippen LogP contribution in [0.1, 0.15) is 38.4 Å². The van der Waals surface area contributed by atoms with Crippen molar-refractivity contribution >= 4 is 29.9 Å². The third-order valence-electron chi connectivity index (χ3n) is 4.20. The van der Waals surface area contributed by atoms with Gasteiger partial charge in [0.25, 0.3) is 0 Å². The number of ether oxygens (including phenoxy) is 1. The zero-order valence-electron chi connectivity index (χ0n) is 15.5. The Morgan fingerprint density at radius 1 is 1.37 bits per heavy atom. The highest BCUT2D eigenvalue weighted by molar-refractivity contribution is 14.0. The molecule has 5 nitrogen and oxygen atoms in total. The highest BCUT2D eigenvalue weighted by Crippen LogP contribution is 2.24. The number of aliphatic hydroxyl groups is 1. The highest BCUT2D eigenvalue weighted by atomic mass is 127. The smallest absolute Gasteiger partial charge is 0.406 e. The van der Waals surface area contributed by atoms with E-state index in [2.05, 4.69) is 26.9 Å². The summed E-state index contributed by atoms with van der Waals surface area (Å²) in [5, 5.41) is 13.5. The number of nitrogens with one attached hydrogen (secondary N) is 1. The standard InChI is InChI=1S/C18H26F3N3O2.HI/c1-3-22-17(24-10-4-5-13(2)12-24)23-11-16(25)14-6-8-15(9-7-14)26-18(19,20)21;/h6-9,13,16,25H,3-5,10-12H2,1-2H3,(H,22,23);1H. The molecule has 0 saturated carbocycles. The van der Waals surface area contributed by atoms with Gasteiger partial charge in [0.15, 0.2) is 5.96 Å². The molecule has 27 heavy (non-hydrogen) atoms. The number of guanidine groups is 1. The Hall–Kier alpha value is -1.23. The van der Waals surface area contributed by atoms with Crippen LogP contribution in [0, 0.1) is 5.92 Å². The van der Waals surface area contributed by atoms with Gasteiger partial charge in [0.05, 0.1) is 12.6 Å². The summed E-state index contributed by atoms with van der Waals surface area (Å²) in [6.45, 7) is 6.89. The number of likely N-dealkylation sites (tertiary alicyclic amines) is 1. The first-order valence-corrected chi connectivity index (χ1v) is 8.85. The van der Waals surface area contributed by atoms with Crippen molar-refractivity contribution in [2.75, 3.05) is 26.2 Å². The van der Waals surface area contributed by atoms with Crippen LogP contribution in [-0.2, 0) is 0 Å². The van der Waals surface area contributed by atoms with E-state index in [-0.39, 0.29) is 36.3 Å². The van der Waals surface area contributed by atoms with E-state index in [9.17, 15) is 18.3 Å². The van der Waals surface area contributed by atoms with Gasteiger partial charge in [-0.15, -0.1) is 37.1 Å². The van der Waals surface area contributed by atoms with E-state index in [1.54, 1.807) is 0 Å². The number of aliphatic hydroxyl groups excluding tert-OH is 1. The fourth-order valence-electron chi connectivity index (χ4n) is 2.98. The topological polar surface area (TPSA) is 57.1 Å². The number of hydrogen-bond donors (Lipinski definition) is 2. The monoisotopic (exact) mass is 501 g/mol. The second-order valence-electron chi connectivity index (χ2n) is 6.52. The van der Waals surface area contributed by atoms with Crippen molar-refractivity contribution in [1.29, 1.82) is 0 Å². The Balaban J connectivity index is 0.00000364. The maximum Gasteiger partial charge on any atom is 0.573 e. The van der Waals surface area contributed by atoms with Crippen LogP contribution in [0.25, 0.3) is 0 Å². The van der Waals surface area contributed by atoms with Crippen molar-refractivity contribution in [2.45, 2.75) is 39.2 Å². The molecule has 2 atom stereocenters. The molecule has 1 saturated heterocycles. The summed E-state index contributed by atoms with van der Waals surface area (Å²) in [7, 11) is 0. The van der Waals surface area contributed by atoms with Crippen molar-refractivity contribution in [2.24, 2.45) is 10.9 Å². The molecule has 1 aromatic carbocycles. The number of rotatable bonds is 5. The number of alkyl halides is 3. The van der Waals surface area contributed by atoms with E-state index in [1.807, 2.05) is 6.92 Å². The number of benzene rings is 1. The van der Waals surface area contributed by atoms with Crippen LogP contribution < -0.4 is 10.1 Å². The van der Waals surface area contributed by atoms with Gasteiger partial charge in [-0.1, -0.05) is 19.1 Å². The zero-order valence-corrected chi connectivity index (χ0v) is 17.8. The summed E-state index contributed by atoms with van der Waals surface area (Å²) in [4.78, 5) is 6.69. The largest absolute Gasteiger partial charge is 0.573 e. The van der Waals surface area contributed by atoms with Crippen LogP contribution in [0.5, 0.6) is 5.75 Å². The number of nitrogens with zero attached hydrogens (tertiary/aromatic N) is 2. The third kappa shape index (κ3) is 8.12. The average molecular weight is 501 g/mol. The van der Waals surface area contributed by atoms with Gasteiger partial charge >= 0.3 is 6.36 Å². The molecule has 1 aliphatic rings. The molecular formula is C18H27F3IN3O2. The molecule has 2 rings (SSSR count). The molecule has 2 unspecified atom stereocenters. The van der Waals surface area contributed by atoms with Crippen LogP contribution in [0.3, 0.4) is 0 Å². The average Bonchev–Trinajstić information content (AvgIpc) is 2.57. The Morgan fingerprint density at radius 3 is 2.59 bits per heavy atom. The maximum atomic E-state index is 12.2. The second kappa shape index (κ2) is 10.9. The summed E-state index contributed by atoms with van der Waals surface area (Å²) >= 11 is 0. The molecule has 1 heterocycles. The van der Waals surface area contributed by atoms with Crippen LogP contribution in [0.4, 0.5) is 13.2 Å². The summed E-state index contributed by atoms with van der Waals surface area (Å²) in [5.41, 5.74) is 0.492. The van der Waals surface area contributed by atoms with Gasteiger partial charge in [0, 0.05) is 19.6 Å². The molecule has 0 aliphatic carbocycles. The van der Waals surface area contributed by atoms with Crippen molar-refractivity contribution in [3.63, 3.8) is 0 Å². The predicted octanol–water partition coefficient (Wildman–Crippen LogP) is 3.93. The fourth-order valence-corrected chi connectivity index (χ4v) is 2.98. The Kier molecular flexibility index (Phi) is 9.65. The normalized spacial score (nSPS) is 19.3. The summed E-state index contributed by atoms with van der Waals surface area (Å²) < 4.78 is 40.4. The van der Waals surface area contributed by atoms with Crippen molar-refractivity contribution < 1.29 is 23.0 Å². The van der Waals surface area contributed by atoms with Crippen LogP contribution >= 0.6 is 24.0 Å². The molecule has 1 fully saturated rings. The van der Waals surface area contributed by atoms with Crippen LogP contribution in [0.15, 0.2) is 29.3 Å². The lowest BCUT2D eigenvalue weighted by Crippen LogP contribution is -2.46. The summed E-state index contributed by atoms with van der Waals surface area (Å²) in [6, 6.07) is 5.20. The number of hydrogen-bond acceptors (Lipinski definition) is 3. The zero-order chi connectivity index (χ0) is 19.2. The minimum Gasteiger partial charge on any atom is -0.406 e. The van der Waals surface area contributed by atoms with Gasteiger partial charge in [0.2, 0.25) is 0 Å². The summed E-state index contributed by atoms with van der Waals surface area (Å²) in [5.74, 6) is 1.04. The Morgan fingerprint density at radius 2 is 2.04 bits per heavy atom. The lowest BCUT2D eigenvalue weighted by molar-refractivity contribution is -0.274. The Labute approximate surface area is 175 Å². The summed E-state index contributed by atoms with van der Waals surface area (Å²) in [6.07, 6.45) is -3.32. The number of piperidine rings is 1. The molecule has 2 N–H and O–H groups in total. The van der Waals surface area contributed by atoms with E-state index >= 15 is 0 Å². The molecule has 1 aromatic rings. The van der Waals surface area contributed by atoms with Crippen molar-refractivity contribution in [3.8, 4) is 5.75 Å². The minimum atomic E-state index is -4.73. The van der Waals surface area contributed by atoms with E-state index in [1.165, 1.54) is 30.7 Å². The molecule has 0 bridgehead atoms. The molecule has 154 valence electrons. The molecule has 0 amide bonds. The van der Waals surface area contributed by atoms with Gasteiger partial charge in [-0.05, 0) is 43.4 Å². The van der Waals surface area contributed by atoms with Gasteiger partial charge in [-0.25, -0.2) is 0 Å². The fraction of sp³-hybridized carbons (Fsp3) is 0.611. The molecule has 9 heteroatoms. The first-order chi connectivity index (χ1) is 12.3. The lowest BCUT2D eigenvalue weighted by atomic mass is 10.0. The number of halogens is 4. The quantitative estimate of drug-likeness (QED) is 0.365. The molecule has 0 aromatic heterocycles.